The SMILES string of the molecule is CC(C)CCCCCOC(=O)c1ccccc1S. The Hall–Kier alpha value is -0.960. The van der Waals surface area contributed by atoms with Gasteiger partial charge in [0.25, 0.3) is 0 Å². The maximum absolute atomic E-state index is 11.7. The van der Waals surface area contributed by atoms with Gasteiger partial charge in [0, 0.05) is 4.90 Å². The average molecular weight is 266 g/mol. The highest BCUT2D eigenvalue weighted by molar-refractivity contribution is 7.80. The highest BCUT2D eigenvalue weighted by Gasteiger charge is 2.09. The van der Waals surface area contributed by atoms with Gasteiger partial charge in [-0.1, -0.05) is 45.2 Å². The summed E-state index contributed by atoms with van der Waals surface area (Å²) in [6.07, 6.45) is 4.51. The van der Waals surface area contributed by atoms with E-state index in [0.29, 0.717) is 17.1 Å². The summed E-state index contributed by atoms with van der Waals surface area (Å²) >= 11 is 4.24. The molecule has 1 aromatic rings. The Morgan fingerprint density at radius 3 is 2.61 bits per heavy atom. The molecule has 0 amide bonds. The molecular weight excluding hydrogens is 244 g/mol. The van der Waals surface area contributed by atoms with E-state index in [9.17, 15) is 4.79 Å². The van der Waals surface area contributed by atoms with Crippen LogP contribution in [-0.4, -0.2) is 12.6 Å². The summed E-state index contributed by atoms with van der Waals surface area (Å²) in [7, 11) is 0. The van der Waals surface area contributed by atoms with E-state index in [1.807, 2.05) is 12.1 Å². The fourth-order valence-corrected chi connectivity index (χ4v) is 1.97. The zero-order valence-electron chi connectivity index (χ0n) is 11.2. The van der Waals surface area contributed by atoms with E-state index in [0.717, 1.165) is 18.8 Å². The van der Waals surface area contributed by atoms with Crippen LogP contribution in [-0.2, 0) is 4.74 Å². The van der Waals surface area contributed by atoms with E-state index in [4.69, 9.17) is 4.74 Å². The van der Waals surface area contributed by atoms with Crippen molar-refractivity contribution in [3.8, 4) is 0 Å². The minimum atomic E-state index is -0.274. The summed E-state index contributed by atoms with van der Waals surface area (Å²) < 4.78 is 5.23. The van der Waals surface area contributed by atoms with Crippen LogP contribution in [0, 0.1) is 5.92 Å². The van der Waals surface area contributed by atoms with Crippen molar-refractivity contribution in [2.45, 2.75) is 44.4 Å². The highest BCUT2D eigenvalue weighted by atomic mass is 32.1. The maximum atomic E-state index is 11.7. The molecule has 0 unspecified atom stereocenters. The smallest absolute Gasteiger partial charge is 0.339 e. The van der Waals surface area contributed by atoms with Crippen molar-refractivity contribution >= 4 is 18.6 Å². The van der Waals surface area contributed by atoms with Gasteiger partial charge in [0.05, 0.1) is 12.2 Å². The lowest BCUT2D eigenvalue weighted by atomic mass is 10.1. The maximum Gasteiger partial charge on any atom is 0.339 e. The van der Waals surface area contributed by atoms with Crippen LogP contribution in [0.5, 0.6) is 0 Å². The molecule has 0 saturated carbocycles. The summed E-state index contributed by atoms with van der Waals surface area (Å²) in [5, 5.41) is 0. The first-order chi connectivity index (χ1) is 8.61. The lowest BCUT2D eigenvalue weighted by molar-refractivity contribution is 0.0493. The van der Waals surface area contributed by atoms with Gasteiger partial charge in [0.1, 0.15) is 0 Å². The van der Waals surface area contributed by atoms with Crippen molar-refractivity contribution in [2.75, 3.05) is 6.61 Å². The summed E-state index contributed by atoms with van der Waals surface area (Å²) in [4.78, 5) is 12.4. The van der Waals surface area contributed by atoms with Gasteiger partial charge in [-0.15, -0.1) is 12.6 Å². The molecule has 0 aromatic heterocycles. The molecular formula is C15H22O2S. The molecule has 1 rings (SSSR count). The number of ether oxygens (including phenoxy) is 1. The highest BCUT2D eigenvalue weighted by Crippen LogP contribution is 2.14. The van der Waals surface area contributed by atoms with E-state index in [1.54, 1.807) is 12.1 Å². The first kappa shape index (κ1) is 15.1. The normalized spacial score (nSPS) is 10.7. The van der Waals surface area contributed by atoms with Gasteiger partial charge in [-0.05, 0) is 24.5 Å². The third-order valence-electron chi connectivity index (χ3n) is 2.78. The Balaban J connectivity index is 2.20. The minimum absolute atomic E-state index is 0.274. The number of rotatable bonds is 7. The Bertz CT molecular complexity index is 375. The number of carbonyl (C=O) groups excluding carboxylic acids is 1. The summed E-state index contributed by atoms with van der Waals surface area (Å²) in [5.41, 5.74) is 0.544. The Morgan fingerprint density at radius 2 is 1.94 bits per heavy atom. The molecule has 3 heteroatoms. The number of esters is 1. The molecule has 0 fully saturated rings. The topological polar surface area (TPSA) is 26.3 Å². The van der Waals surface area contributed by atoms with Crippen molar-refractivity contribution < 1.29 is 9.53 Å². The van der Waals surface area contributed by atoms with Gasteiger partial charge >= 0.3 is 5.97 Å². The number of unbranched alkanes of at least 4 members (excludes halogenated alkanes) is 2. The first-order valence-corrected chi connectivity index (χ1v) is 7.01. The van der Waals surface area contributed by atoms with Gasteiger partial charge in [-0.3, -0.25) is 0 Å². The molecule has 0 spiro atoms. The monoisotopic (exact) mass is 266 g/mol. The predicted molar refractivity (Wildman–Crippen MR) is 77.3 cm³/mol. The van der Waals surface area contributed by atoms with Crippen molar-refractivity contribution in [1.29, 1.82) is 0 Å². The molecule has 0 saturated heterocycles. The quantitative estimate of drug-likeness (QED) is 0.451. The Morgan fingerprint density at radius 1 is 1.22 bits per heavy atom. The lowest BCUT2D eigenvalue weighted by Crippen LogP contribution is -2.07. The fraction of sp³-hybridized carbons (Fsp3) is 0.533. The molecule has 0 radical (unpaired) electrons. The fourth-order valence-electron chi connectivity index (χ4n) is 1.72. The van der Waals surface area contributed by atoms with Crippen LogP contribution in [0.4, 0.5) is 0 Å². The van der Waals surface area contributed by atoms with Crippen LogP contribution >= 0.6 is 12.6 Å². The number of hydrogen-bond acceptors (Lipinski definition) is 3. The zero-order chi connectivity index (χ0) is 13.4. The van der Waals surface area contributed by atoms with Crippen molar-refractivity contribution in [3.63, 3.8) is 0 Å². The lowest BCUT2D eigenvalue weighted by Gasteiger charge is -2.07. The number of thiol groups is 1. The van der Waals surface area contributed by atoms with Gasteiger partial charge in [-0.25, -0.2) is 4.79 Å². The van der Waals surface area contributed by atoms with Crippen LogP contribution < -0.4 is 0 Å². The van der Waals surface area contributed by atoms with E-state index in [2.05, 4.69) is 26.5 Å². The van der Waals surface area contributed by atoms with E-state index in [1.165, 1.54) is 12.8 Å². The molecule has 1 aromatic carbocycles. The van der Waals surface area contributed by atoms with Gasteiger partial charge in [0.2, 0.25) is 0 Å². The third-order valence-corrected chi connectivity index (χ3v) is 3.17. The van der Waals surface area contributed by atoms with Crippen LogP contribution in [0.2, 0.25) is 0 Å². The molecule has 100 valence electrons. The predicted octanol–water partition coefficient (Wildman–Crippen LogP) is 4.35. The average Bonchev–Trinajstić information content (AvgIpc) is 2.33. The van der Waals surface area contributed by atoms with Gasteiger partial charge < -0.3 is 4.74 Å². The van der Waals surface area contributed by atoms with Crippen LogP contribution in [0.25, 0.3) is 0 Å². The molecule has 18 heavy (non-hydrogen) atoms. The molecule has 0 bridgehead atoms. The minimum Gasteiger partial charge on any atom is -0.462 e. The molecule has 0 aliphatic carbocycles. The molecule has 0 N–H and O–H groups in total. The van der Waals surface area contributed by atoms with Crippen molar-refractivity contribution in [1.82, 2.24) is 0 Å². The summed E-state index contributed by atoms with van der Waals surface area (Å²) in [5.74, 6) is 0.480. The Labute approximate surface area is 115 Å². The molecule has 0 aliphatic rings. The van der Waals surface area contributed by atoms with Gasteiger partial charge in [0.15, 0.2) is 0 Å². The second kappa shape index (κ2) is 8.20. The van der Waals surface area contributed by atoms with Crippen LogP contribution in [0.1, 0.15) is 49.9 Å². The number of hydrogen-bond donors (Lipinski definition) is 1. The van der Waals surface area contributed by atoms with Crippen molar-refractivity contribution in [2.24, 2.45) is 5.92 Å². The second-order valence-corrected chi connectivity index (χ2v) is 5.38. The summed E-state index contributed by atoms with van der Waals surface area (Å²) in [6, 6.07) is 7.20. The van der Waals surface area contributed by atoms with Gasteiger partial charge in [-0.2, -0.15) is 0 Å². The van der Waals surface area contributed by atoms with Crippen LogP contribution in [0.15, 0.2) is 29.2 Å². The molecule has 0 heterocycles. The van der Waals surface area contributed by atoms with Crippen molar-refractivity contribution in [3.05, 3.63) is 29.8 Å². The first-order valence-electron chi connectivity index (χ1n) is 6.56. The third kappa shape index (κ3) is 5.58. The standard InChI is InChI=1S/C15H22O2S/c1-12(2)8-4-3-7-11-17-15(16)13-9-5-6-10-14(13)18/h5-6,9-10,12,18H,3-4,7-8,11H2,1-2H3. The second-order valence-electron chi connectivity index (χ2n) is 4.90. The van der Waals surface area contributed by atoms with E-state index >= 15 is 0 Å². The largest absolute Gasteiger partial charge is 0.462 e. The van der Waals surface area contributed by atoms with E-state index < -0.39 is 0 Å². The molecule has 0 atom stereocenters. The molecule has 0 aliphatic heterocycles. The number of benzene rings is 1. The van der Waals surface area contributed by atoms with E-state index in [-0.39, 0.29) is 5.97 Å². The summed E-state index contributed by atoms with van der Waals surface area (Å²) in [6.45, 7) is 4.95. The number of carbonyl (C=O) groups is 1. The zero-order valence-corrected chi connectivity index (χ0v) is 12.1. The molecule has 2 nitrogen and oxygen atoms in total. The van der Waals surface area contributed by atoms with Crippen LogP contribution in [0.3, 0.4) is 0 Å². The Kier molecular flexibility index (Phi) is 6.88.